The lowest BCUT2D eigenvalue weighted by Crippen LogP contribution is -2.48. The average Bonchev–Trinajstić information content (AvgIpc) is 2.46. The number of fused-ring (bicyclic) bond motifs is 2. The van der Waals surface area contributed by atoms with Gasteiger partial charge in [0.15, 0.2) is 0 Å². The third kappa shape index (κ3) is 1.80. The van der Waals surface area contributed by atoms with E-state index in [0.29, 0.717) is 0 Å². The van der Waals surface area contributed by atoms with Gasteiger partial charge in [-0.2, -0.15) is 0 Å². The molecule has 1 N–H and O–H groups in total. The first-order chi connectivity index (χ1) is 6.85. The molecule has 2 rings (SSSR count). The van der Waals surface area contributed by atoms with E-state index in [1.165, 1.54) is 25.7 Å². The lowest BCUT2D eigenvalue weighted by molar-refractivity contribution is 0.122. The van der Waals surface area contributed by atoms with Crippen molar-refractivity contribution >= 4 is 0 Å². The minimum Gasteiger partial charge on any atom is -0.317 e. The number of hydrogen-bond donors (Lipinski definition) is 1. The van der Waals surface area contributed by atoms with E-state index in [4.69, 9.17) is 6.42 Å². The summed E-state index contributed by atoms with van der Waals surface area (Å²) >= 11 is 0. The fourth-order valence-electron chi connectivity index (χ4n) is 3.07. The Kier molecular flexibility index (Phi) is 3.10. The summed E-state index contributed by atoms with van der Waals surface area (Å²) in [6, 6.07) is 2.36. The zero-order chi connectivity index (χ0) is 9.97. The Hall–Kier alpha value is -0.520. The van der Waals surface area contributed by atoms with Crippen LogP contribution in [0.25, 0.3) is 0 Å². The summed E-state index contributed by atoms with van der Waals surface area (Å²) < 4.78 is 0. The molecule has 0 saturated carbocycles. The highest BCUT2D eigenvalue weighted by molar-refractivity contribution is 4.98. The molecular formula is C12H20N2. The molecule has 2 heteroatoms. The van der Waals surface area contributed by atoms with Crippen LogP contribution in [0.4, 0.5) is 0 Å². The van der Waals surface area contributed by atoms with E-state index >= 15 is 0 Å². The molecule has 2 fully saturated rings. The first kappa shape index (κ1) is 10.0. The van der Waals surface area contributed by atoms with Crippen LogP contribution in [0.15, 0.2) is 0 Å². The summed E-state index contributed by atoms with van der Waals surface area (Å²) in [7, 11) is 2.08. The SMILES string of the molecule is C#CCCN1C2CCC1CC(NC)C2. The summed E-state index contributed by atoms with van der Waals surface area (Å²) in [6.07, 6.45) is 11.6. The molecule has 0 radical (unpaired) electrons. The standard InChI is InChI=1S/C12H20N2/c1-3-4-7-14-11-5-6-12(14)9-10(8-11)13-2/h1,10-13H,4-9H2,2H3. The summed E-state index contributed by atoms with van der Waals surface area (Å²) in [5.74, 6) is 2.75. The van der Waals surface area contributed by atoms with E-state index < -0.39 is 0 Å². The van der Waals surface area contributed by atoms with Gasteiger partial charge in [0.2, 0.25) is 0 Å². The van der Waals surface area contributed by atoms with Crippen LogP contribution in [-0.4, -0.2) is 36.6 Å². The maximum absolute atomic E-state index is 5.32. The van der Waals surface area contributed by atoms with E-state index in [2.05, 4.69) is 23.2 Å². The second kappa shape index (κ2) is 4.33. The predicted molar refractivity (Wildman–Crippen MR) is 59.0 cm³/mol. The molecule has 0 aliphatic carbocycles. The van der Waals surface area contributed by atoms with E-state index in [1.54, 1.807) is 0 Å². The fourth-order valence-corrected chi connectivity index (χ4v) is 3.07. The Balaban J connectivity index is 1.93. The van der Waals surface area contributed by atoms with Crippen LogP contribution < -0.4 is 5.32 Å². The van der Waals surface area contributed by atoms with Crippen LogP contribution in [0.1, 0.15) is 32.1 Å². The fraction of sp³-hybridized carbons (Fsp3) is 0.833. The molecule has 0 amide bonds. The van der Waals surface area contributed by atoms with Crippen molar-refractivity contribution in [3.8, 4) is 12.3 Å². The molecule has 14 heavy (non-hydrogen) atoms. The summed E-state index contributed by atoms with van der Waals surface area (Å²) in [6.45, 7) is 1.11. The third-order valence-corrected chi connectivity index (χ3v) is 3.81. The van der Waals surface area contributed by atoms with Crippen molar-refractivity contribution in [3.05, 3.63) is 0 Å². The minimum atomic E-state index is 0.745. The average molecular weight is 192 g/mol. The highest BCUT2D eigenvalue weighted by Crippen LogP contribution is 2.35. The zero-order valence-electron chi connectivity index (χ0n) is 9.00. The Morgan fingerprint density at radius 1 is 1.36 bits per heavy atom. The second-order valence-corrected chi connectivity index (χ2v) is 4.53. The van der Waals surface area contributed by atoms with Gasteiger partial charge in [-0.25, -0.2) is 0 Å². The van der Waals surface area contributed by atoms with Crippen molar-refractivity contribution in [2.45, 2.75) is 50.2 Å². The van der Waals surface area contributed by atoms with Crippen LogP contribution in [0.3, 0.4) is 0 Å². The molecule has 2 saturated heterocycles. The van der Waals surface area contributed by atoms with Gasteiger partial charge >= 0.3 is 0 Å². The normalized spacial score (nSPS) is 37.0. The van der Waals surface area contributed by atoms with Crippen molar-refractivity contribution in [2.24, 2.45) is 0 Å². The Morgan fingerprint density at radius 3 is 2.50 bits per heavy atom. The van der Waals surface area contributed by atoms with Gasteiger partial charge in [-0.1, -0.05) is 0 Å². The van der Waals surface area contributed by atoms with Crippen LogP contribution in [0.5, 0.6) is 0 Å². The monoisotopic (exact) mass is 192 g/mol. The van der Waals surface area contributed by atoms with Crippen LogP contribution in [0.2, 0.25) is 0 Å². The number of nitrogens with one attached hydrogen (secondary N) is 1. The largest absolute Gasteiger partial charge is 0.317 e. The lowest BCUT2D eigenvalue weighted by atomic mass is 9.97. The molecule has 2 aliphatic rings. The molecule has 0 aromatic carbocycles. The minimum absolute atomic E-state index is 0.745. The van der Waals surface area contributed by atoms with Gasteiger partial charge in [0.1, 0.15) is 0 Å². The zero-order valence-corrected chi connectivity index (χ0v) is 9.00. The molecular weight excluding hydrogens is 172 g/mol. The van der Waals surface area contributed by atoms with E-state index in [0.717, 1.165) is 31.1 Å². The second-order valence-electron chi connectivity index (χ2n) is 4.53. The maximum Gasteiger partial charge on any atom is 0.0214 e. The quantitative estimate of drug-likeness (QED) is 0.676. The molecule has 2 nitrogen and oxygen atoms in total. The molecule has 2 heterocycles. The van der Waals surface area contributed by atoms with E-state index in [-0.39, 0.29) is 0 Å². The Bertz CT molecular complexity index is 217. The molecule has 2 unspecified atom stereocenters. The Morgan fingerprint density at radius 2 is 2.00 bits per heavy atom. The number of terminal acetylenes is 1. The number of rotatable bonds is 3. The number of nitrogens with zero attached hydrogens (tertiary/aromatic N) is 1. The molecule has 0 aromatic rings. The van der Waals surface area contributed by atoms with Gasteiger partial charge in [0.25, 0.3) is 0 Å². The van der Waals surface area contributed by atoms with E-state index in [9.17, 15) is 0 Å². The number of piperidine rings is 1. The maximum atomic E-state index is 5.32. The first-order valence-electron chi connectivity index (χ1n) is 5.71. The van der Waals surface area contributed by atoms with Crippen LogP contribution in [0, 0.1) is 12.3 Å². The summed E-state index contributed by atoms with van der Waals surface area (Å²) in [5.41, 5.74) is 0. The molecule has 78 valence electrons. The van der Waals surface area contributed by atoms with Crippen molar-refractivity contribution in [1.82, 2.24) is 10.2 Å². The van der Waals surface area contributed by atoms with Gasteiger partial charge in [-0.15, -0.1) is 12.3 Å². The lowest BCUT2D eigenvalue weighted by Gasteiger charge is -2.38. The molecule has 0 aromatic heterocycles. The van der Waals surface area contributed by atoms with Crippen molar-refractivity contribution < 1.29 is 0 Å². The van der Waals surface area contributed by atoms with Crippen molar-refractivity contribution in [3.63, 3.8) is 0 Å². The van der Waals surface area contributed by atoms with Gasteiger partial charge < -0.3 is 5.32 Å². The van der Waals surface area contributed by atoms with Gasteiger partial charge in [0, 0.05) is 31.1 Å². The van der Waals surface area contributed by atoms with Gasteiger partial charge in [0.05, 0.1) is 0 Å². The van der Waals surface area contributed by atoms with Crippen molar-refractivity contribution in [2.75, 3.05) is 13.6 Å². The van der Waals surface area contributed by atoms with Crippen LogP contribution >= 0.6 is 0 Å². The third-order valence-electron chi connectivity index (χ3n) is 3.81. The summed E-state index contributed by atoms with van der Waals surface area (Å²) in [4.78, 5) is 2.65. The molecule has 2 aliphatic heterocycles. The van der Waals surface area contributed by atoms with E-state index in [1.807, 2.05) is 0 Å². The molecule has 2 atom stereocenters. The Labute approximate surface area is 87.1 Å². The predicted octanol–water partition coefficient (Wildman–Crippen LogP) is 1.22. The van der Waals surface area contributed by atoms with Crippen molar-refractivity contribution in [1.29, 1.82) is 0 Å². The molecule has 0 spiro atoms. The van der Waals surface area contributed by atoms with Gasteiger partial charge in [-0.05, 0) is 32.7 Å². The highest BCUT2D eigenvalue weighted by Gasteiger charge is 2.39. The topological polar surface area (TPSA) is 15.3 Å². The highest BCUT2D eigenvalue weighted by atomic mass is 15.2. The molecule has 2 bridgehead atoms. The number of hydrogen-bond acceptors (Lipinski definition) is 2. The van der Waals surface area contributed by atoms with Gasteiger partial charge in [-0.3, -0.25) is 4.90 Å². The van der Waals surface area contributed by atoms with Crippen LogP contribution in [-0.2, 0) is 0 Å². The summed E-state index contributed by atoms with van der Waals surface area (Å²) in [5, 5.41) is 3.41. The smallest absolute Gasteiger partial charge is 0.0214 e. The first-order valence-corrected chi connectivity index (χ1v) is 5.71.